The highest BCUT2D eigenvalue weighted by Crippen LogP contribution is 2.30. The third kappa shape index (κ3) is 5.55. The molecule has 1 heterocycles. The van der Waals surface area contributed by atoms with E-state index in [0.29, 0.717) is 29.4 Å². The highest BCUT2D eigenvalue weighted by Gasteiger charge is 2.22. The number of primary amides is 1. The molecule has 1 unspecified atom stereocenters. The van der Waals surface area contributed by atoms with Gasteiger partial charge in [-0.2, -0.15) is 0 Å². The Morgan fingerprint density at radius 1 is 1.16 bits per heavy atom. The first-order chi connectivity index (χ1) is 15.1. The summed E-state index contributed by atoms with van der Waals surface area (Å²) in [6.07, 6.45) is 2.55. The van der Waals surface area contributed by atoms with Gasteiger partial charge in [0, 0.05) is 17.4 Å². The Morgan fingerprint density at radius 2 is 1.91 bits per heavy atom. The fourth-order valence-corrected chi connectivity index (χ4v) is 3.59. The largest absolute Gasteiger partial charge is 0.486 e. The van der Waals surface area contributed by atoms with Crippen molar-refractivity contribution in [1.82, 2.24) is 4.98 Å². The van der Waals surface area contributed by atoms with Crippen molar-refractivity contribution in [2.24, 2.45) is 11.1 Å². The number of nitrogens with two attached hydrogens (primary N) is 1. The van der Waals surface area contributed by atoms with Crippen LogP contribution in [0.3, 0.4) is 0 Å². The summed E-state index contributed by atoms with van der Waals surface area (Å²) < 4.78 is 11.6. The van der Waals surface area contributed by atoms with Crippen molar-refractivity contribution in [2.75, 3.05) is 6.61 Å². The van der Waals surface area contributed by atoms with Gasteiger partial charge in [-0.15, -0.1) is 0 Å². The van der Waals surface area contributed by atoms with Gasteiger partial charge in [0.05, 0.1) is 0 Å². The van der Waals surface area contributed by atoms with Gasteiger partial charge in [0.25, 0.3) is 0 Å². The lowest BCUT2D eigenvalue weighted by atomic mass is 9.90. The number of aromatic nitrogens is 1. The summed E-state index contributed by atoms with van der Waals surface area (Å²) in [6, 6.07) is 11.2. The van der Waals surface area contributed by atoms with Crippen LogP contribution in [0, 0.1) is 12.3 Å². The molecule has 170 valence electrons. The van der Waals surface area contributed by atoms with Crippen LogP contribution in [0.2, 0.25) is 0 Å². The third-order valence-electron chi connectivity index (χ3n) is 5.78. The van der Waals surface area contributed by atoms with E-state index >= 15 is 0 Å². The SMILES string of the molecule is CCC(CCc1nc2ccc(C(N)=O)cc2o1)c1ccc(OCC(=O)C(C)(C)C)c(C)c1. The summed E-state index contributed by atoms with van der Waals surface area (Å²) in [5.74, 6) is 1.33. The maximum absolute atomic E-state index is 12.1. The molecule has 0 fully saturated rings. The van der Waals surface area contributed by atoms with E-state index in [9.17, 15) is 9.59 Å². The molecule has 1 aromatic heterocycles. The number of carbonyl (C=O) groups excluding carboxylic acids is 2. The van der Waals surface area contributed by atoms with Crippen molar-refractivity contribution in [3.05, 3.63) is 59.0 Å². The van der Waals surface area contributed by atoms with E-state index in [1.54, 1.807) is 18.2 Å². The highest BCUT2D eigenvalue weighted by atomic mass is 16.5. The van der Waals surface area contributed by atoms with Gasteiger partial charge in [-0.3, -0.25) is 9.59 Å². The minimum absolute atomic E-state index is 0.0775. The van der Waals surface area contributed by atoms with Gasteiger partial charge in [0.2, 0.25) is 5.91 Å². The molecule has 0 aliphatic rings. The number of fused-ring (bicyclic) bond motifs is 1. The van der Waals surface area contributed by atoms with Crippen LogP contribution in [0.15, 0.2) is 40.8 Å². The maximum Gasteiger partial charge on any atom is 0.248 e. The van der Waals surface area contributed by atoms with Crippen LogP contribution in [0.5, 0.6) is 5.75 Å². The van der Waals surface area contributed by atoms with Crippen molar-refractivity contribution >= 4 is 22.8 Å². The summed E-state index contributed by atoms with van der Waals surface area (Å²) in [7, 11) is 0. The van der Waals surface area contributed by atoms with Crippen LogP contribution < -0.4 is 10.5 Å². The van der Waals surface area contributed by atoms with Crippen molar-refractivity contribution in [1.29, 1.82) is 0 Å². The second kappa shape index (κ2) is 9.55. The number of carbonyl (C=O) groups is 2. The number of amides is 1. The highest BCUT2D eigenvalue weighted by molar-refractivity contribution is 5.95. The number of ketones is 1. The standard InChI is InChI=1S/C26H32N2O4/c1-6-17(9-12-24-28-20-10-7-19(25(27)30)14-22(20)32-24)18-8-11-21(16(2)13-18)31-15-23(29)26(3,4)5/h7-8,10-11,13-14,17H,6,9,12,15H2,1-5H3,(H2,27,30). The number of hydrogen-bond acceptors (Lipinski definition) is 5. The Labute approximate surface area is 189 Å². The van der Waals surface area contributed by atoms with Crippen LogP contribution in [0.1, 0.15) is 73.8 Å². The molecule has 3 rings (SSSR count). The van der Waals surface area contributed by atoms with Crippen LogP contribution in [-0.4, -0.2) is 23.3 Å². The van der Waals surface area contributed by atoms with E-state index in [1.165, 1.54) is 5.56 Å². The molecule has 6 nitrogen and oxygen atoms in total. The number of hydrogen-bond donors (Lipinski definition) is 1. The fraction of sp³-hybridized carbons (Fsp3) is 0.423. The number of nitrogens with zero attached hydrogens (tertiary/aromatic N) is 1. The average Bonchev–Trinajstić information content (AvgIpc) is 3.14. The molecule has 0 spiro atoms. The maximum atomic E-state index is 12.1. The molecule has 32 heavy (non-hydrogen) atoms. The van der Waals surface area contributed by atoms with Gasteiger partial charge < -0.3 is 14.9 Å². The van der Waals surface area contributed by atoms with Gasteiger partial charge in [-0.05, 0) is 61.1 Å². The number of aryl methyl sites for hydroxylation is 2. The minimum atomic E-state index is -0.485. The summed E-state index contributed by atoms with van der Waals surface area (Å²) in [5, 5.41) is 0. The molecule has 6 heteroatoms. The Morgan fingerprint density at radius 3 is 2.53 bits per heavy atom. The molecular formula is C26H32N2O4. The van der Waals surface area contributed by atoms with Crippen LogP contribution in [0.4, 0.5) is 0 Å². The zero-order valence-corrected chi connectivity index (χ0v) is 19.5. The van der Waals surface area contributed by atoms with E-state index in [0.717, 1.165) is 29.7 Å². The van der Waals surface area contributed by atoms with E-state index < -0.39 is 11.3 Å². The Hall–Kier alpha value is -3.15. The average molecular weight is 437 g/mol. The van der Waals surface area contributed by atoms with E-state index in [1.807, 2.05) is 33.8 Å². The summed E-state index contributed by atoms with van der Waals surface area (Å²) in [4.78, 5) is 28.0. The molecular weight excluding hydrogens is 404 g/mol. The predicted octanol–water partition coefficient (Wildman–Crippen LogP) is 5.36. The Kier molecular flexibility index (Phi) is 7.02. The molecule has 1 amide bonds. The van der Waals surface area contributed by atoms with Crippen LogP contribution >= 0.6 is 0 Å². The first-order valence-corrected chi connectivity index (χ1v) is 11.0. The number of rotatable bonds is 9. The number of Topliss-reactive ketones (excluding diaryl/α,β-unsaturated/α-hetero) is 1. The predicted molar refractivity (Wildman–Crippen MR) is 125 cm³/mol. The molecule has 0 aliphatic heterocycles. The van der Waals surface area contributed by atoms with Gasteiger partial charge in [0.1, 0.15) is 17.9 Å². The zero-order valence-electron chi connectivity index (χ0n) is 19.5. The van der Waals surface area contributed by atoms with Crippen molar-refractivity contribution in [3.8, 4) is 5.75 Å². The lowest BCUT2D eigenvalue weighted by Crippen LogP contribution is -2.26. The van der Waals surface area contributed by atoms with Gasteiger partial charge in [-0.1, -0.05) is 39.8 Å². The molecule has 0 saturated heterocycles. The molecule has 0 bridgehead atoms. The molecule has 0 aliphatic carbocycles. The number of oxazole rings is 1. The Bertz CT molecular complexity index is 1120. The van der Waals surface area contributed by atoms with E-state index in [-0.39, 0.29) is 12.4 Å². The molecule has 2 N–H and O–H groups in total. The van der Waals surface area contributed by atoms with E-state index in [4.69, 9.17) is 14.9 Å². The molecule has 1 atom stereocenters. The monoisotopic (exact) mass is 436 g/mol. The van der Waals surface area contributed by atoms with Crippen molar-refractivity contribution in [2.45, 2.75) is 59.8 Å². The Balaban J connectivity index is 1.66. The van der Waals surface area contributed by atoms with Gasteiger partial charge in [0.15, 0.2) is 17.3 Å². The summed E-state index contributed by atoms with van der Waals surface area (Å²) in [5.41, 5.74) is 8.89. The van der Waals surface area contributed by atoms with Crippen LogP contribution in [0.25, 0.3) is 11.1 Å². The van der Waals surface area contributed by atoms with Gasteiger partial charge in [-0.25, -0.2) is 4.98 Å². The molecule has 3 aromatic rings. The van der Waals surface area contributed by atoms with Gasteiger partial charge >= 0.3 is 0 Å². The van der Waals surface area contributed by atoms with Crippen molar-refractivity contribution < 1.29 is 18.7 Å². The normalized spacial score (nSPS) is 12.7. The van der Waals surface area contributed by atoms with E-state index in [2.05, 4.69) is 24.0 Å². The number of benzene rings is 2. The first kappa shape index (κ1) is 23.5. The summed E-state index contributed by atoms with van der Waals surface area (Å²) >= 11 is 0. The lowest BCUT2D eigenvalue weighted by molar-refractivity contribution is -0.128. The van der Waals surface area contributed by atoms with Crippen LogP contribution in [-0.2, 0) is 11.2 Å². The molecule has 0 radical (unpaired) electrons. The molecule has 0 saturated carbocycles. The fourth-order valence-electron chi connectivity index (χ4n) is 3.59. The summed E-state index contributed by atoms with van der Waals surface area (Å²) in [6.45, 7) is 9.94. The quantitative estimate of drug-likeness (QED) is 0.487. The molecule has 2 aromatic carbocycles. The smallest absolute Gasteiger partial charge is 0.248 e. The first-order valence-electron chi connectivity index (χ1n) is 11.0. The topological polar surface area (TPSA) is 95.4 Å². The number of ether oxygens (including phenoxy) is 1. The lowest BCUT2D eigenvalue weighted by Gasteiger charge is -2.19. The second-order valence-electron chi connectivity index (χ2n) is 9.28. The third-order valence-corrected chi connectivity index (χ3v) is 5.78. The second-order valence-corrected chi connectivity index (χ2v) is 9.28. The minimum Gasteiger partial charge on any atom is -0.486 e. The van der Waals surface area contributed by atoms with Crippen molar-refractivity contribution in [3.63, 3.8) is 0 Å². The zero-order chi connectivity index (χ0) is 23.5.